The minimum absolute atomic E-state index is 0.425. The Bertz CT molecular complexity index is 217. The Kier molecular flexibility index (Phi) is 2.20. The molecule has 0 bridgehead atoms. The molecule has 3 nitrogen and oxygen atoms in total. The van der Waals surface area contributed by atoms with Crippen molar-refractivity contribution >= 4 is 0 Å². The SMILES string of the molecule is CC1(C)OC/C(=C\N2CCCC2)O1. The van der Waals surface area contributed by atoms with Gasteiger partial charge in [0, 0.05) is 33.1 Å². The fourth-order valence-corrected chi connectivity index (χ4v) is 1.76. The number of likely N-dealkylation sites (tertiary alicyclic amines) is 1. The molecule has 0 aromatic heterocycles. The minimum atomic E-state index is -0.425. The molecular formula is C10H17NO2. The Hall–Kier alpha value is -0.700. The van der Waals surface area contributed by atoms with Crippen LogP contribution in [0.2, 0.25) is 0 Å². The second-order valence-corrected chi connectivity index (χ2v) is 4.13. The van der Waals surface area contributed by atoms with Crippen LogP contribution < -0.4 is 0 Å². The van der Waals surface area contributed by atoms with Gasteiger partial charge in [-0.2, -0.15) is 0 Å². The van der Waals surface area contributed by atoms with E-state index in [0.717, 1.165) is 18.8 Å². The summed E-state index contributed by atoms with van der Waals surface area (Å²) in [6, 6.07) is 0. The normalized spacial score (nSPS) is 29.7. The molecular weight excluding hydrogens is 166 g/mol. The van der Waals surface area contributed by atoms with Gasteiger partial charge in [-0.1, -0.05) is 0 Å². The molecule has 2 aliphatic heterocycles. The molecule has 0 radical (unpaired) electrons. The van der Waals surface area contributed by atoms with Crippen LogP contribution >= 0.6 is 0 Å². The van der Waals surface area contributed by atoms with E-state index in [1.54, 1.807) is 0 Å². The summed E-state index contributed by atoms with van der Waals surface area (Å²) in [5.74, 6) is 0.540. The monoisotopic (exact) mass is 183 g/mol. The highest BCUT2D eigenvalue weighted by atomic mass is 16.7. The maximum Gasteiger partial charge on any atom is 0.205 e. The molecule has 0 N–H and O–H groups in total. The van der Waals surface area contributed by atoms with Crippen LogP contribution in [0.15, 0.2) is 12.0 Å². The number of rotatable bonds is 1. The van der Waals surface area contributed by atoms with Crippen LogP contribution in [0.4, 0.5) is 0 Å². The summed E-state index contributed by atoms with van der Waals surface area (Å²) in [6.07, 6.45) is 4.70. The van der Waals surface area contributed by atoms with Gasteiger partial charge in [0.15, 0.2) is 0 Å². The van der Waals surface area contributed by atoms with Crippen LogP contribution in [0.5, 0.6) is 0 Å². The van der Waals surface area contributed by atoms with Crippen LogP contribution in [0.25, 0.3) is 0 Å². The van der Waals surface area contributed by atoms with Gasteiger partial charge in [0.2, 0.25) is 5.79 Å². The molecule has 0 unspecified atom stereocenters. The summed E-state index contributed by atoms with van der Waals surface area (Å²) in [7, 11) is 0. The first-order valence-corrected chi connectivity index (χ1v) is 4.93. The third-order valence-electron chi connectivity index (χ3n) is 2.41. The summed E-state index contributed by atoms with van der Waals surface area (Å²) >= 11 is 0. The topological polar surface area (TPSA) is 21.7 Å². The van der Waals surface area contributed by atoms with Crippen LogP contribution in [0, 0.1) is 0 Å². The highest BCUT2D eigenvalue weighted by Gasteiger charge is 2.29. The van der Waals surface area contributed by atoms with E-state index < -0.39 is 5.79 Å². The van der Waals surface area contributed by atoms with Crippen molar-refractivity contribution in [3.8, 4) is 0 Å². The Morgan fingerprint density at radius 1 is 1.31 bits per heavy atom. The predicted molar refractivity (Wildman–Crippen MR) is 50.0 cm³/mol. The molecule has 0 amide bonds. The van der Waals surface area contributed by atoms with Gasteiger partial charge in [0.05, 0.1) is 0 Å². The van der Waals surface area contributed by atoms with Gasteiger partial charge in [-0.15, -0.1) is 0 Å². The Labute approximate surface area is 79.3 Å². The van der Waals surface area contributed by atoms with Crippen molar-refractivity contribution in [3.05, 3.63) is 12.0 Å². The van der Waals surface area contributed by atoms with Gasteiger partial charge >= 0.3 is 0 Å². The quantitative estimate of drug-likeness (QED) is 0.617. The van der Waals surface area contributed by atoms with E-state index in [4.69, 9.17) is 9.47 Å². The highest BCUT2D eigenvalue weighted by molar-refractivity contribution is 4.99. The lowest BCUT2D eigenvalue weighted by Gasteiger charge is -2.16. The van der Waals surface area contributed by atoms with E-state index in [1.807, 2.05) is 13.8 Å². The van der Waals surface area contributed by atoms with Gasteiger partial charge in [0.25, 0.3) is 0 Å². The first-order valence-electron chi connectivity index (χ1n) is 4.93. The molecule has 0 saturated carbocycles. The minimum Gasteiger partial charge on any atom is -0.463 e. The summed E-state index contributed by atoms with van der Waals surface area (Å²) in [5, 5.41) is 0. The van der Waals surface area contributed by atoms with Crippen LogP contribution in [-0.4, -0.2) is 30.4 Å². The summed E-state index contributed by atoms with van der Waals surface area (Å²) in [4.78, 5) is 2.31. The maximum atomic E-state index is 5.61. The Balaban J connectivity index is 1.94. The van der Waals surface area contributed by atoms with Crippen molar-refractivity contribution < 1.29 is 9.47 Å². The zero-order valence-electron chi connectivity index (χ0n) is 8.38. The second kappa shape index (κ2) is 3.22. The first kappa shape index (κ1) is 8.88. The van der Waals surface area contributed by atoms with E-state index >= 15 is 0 Å². The molecule has 2 fully saturated rings. The van der Waals surface area contributed by atoms with Crippen molar-refractivity contribution in [2.75, 3.05) is 19.7 Å². The zero-order chi connectivity index (χ0) is 9.31. The molecule has 0 aromatic rings. The molecule has 74 valence electrons. The summed E-state index contributed by atoms with van der Waals surface area (Å²) in [5.41, 5.74) is 0. The van der Waals surface area contributed by atoms with Crippen LogP contribution in [-0.2, 0) is 9.47 Å². The predicted octanol–water partition coefficient (Wildman–Crippen LogP) is 1.71. The first-order chi connectivity index (χ1) is 6.16. The van der Waals surface area contributed by atoms with E-state index in [9.17, 15) is 0 Å². The molecule has 2 saturated heterocycles. The third-order valence-corrected chi connectivity index (χ3v) is 2.41. The maximum absolute atomic E-state index is 5.61. The van der Waals surface area contributed by atoms with Crippen molar-refractivity contribution in [1.82, 2.24) is 4.90 Å². The smallest absolute Gasteiger partial charge is 0.205 e. The van der Waals surface area contributed by atoms with Crippen molar-refractivity contribution in [2.24, 2.45) is 0 Å². The van der Waals surface area contributed by atoms with E-state index in [1.165, 1.54) is 12.8 Å². The lowest BCUT2D eigenvalue weighted by molar-refractivity contribution is -0.117. The average molecular weight is 183 g/mol. The number of hydrogen-bond acceptors (Lipinski definition) is 3. The fraction of sp³-hybridized carbons (Fsp3) is 0.800. The lowest BCUT2D eigenvalue weighted by Crippen LogP contribution is -2.19. The van der Waals surface area contributed by atoms with Crippen LogP contribution in [0.3, 0.4) is 0 Å². The molecule has 0 aromatic carbocycles. The largest absolute Gasteiger partial charge is 0.463 e. The number of hydrogen-bond donors (Lipinski definition) is 0. The average Bonchev–Trinajstić information content (AvgIpc) is 2.61. The fourth-order valence-electron chi connectivity index (χ4n) is 1.76. The molecule has 3 heteroatoms. The second-order valence-electron chi connectivity index (χ2n) is 4.13. The Morgan fingerprint density at radius 2 is 2.00 bits per heavy atom. The van der Waals surface area contributed by atoms with Gasteiger partial charge in [-0.25, -0.2) is 0 Å². The van der Waals surface area contributed by atoms with Crippen molar-refractivity contribution in [2.45, 2.75) is 32.5 Å². The number of nitrogens with zero attached hydrogens (tertiary/aromatic N) is 1. The van der Waals surface area contributed by atoms with E-state index in [-0.39, 0.29) is 0 Å². The van der Waals surface area contributed by atoms with Gasteiger partial charge in [-0.3, -0.25) is 0 Å². The molecule has 2 heterocycles. The standard InChI is InChI=1S/C10H17NO2/c1-10(2)12-8-9(13-10)7-11-5-3-4-6-11/h7H,3-6,8H2,1-2H3/b9-7+. The Morgan fingerprint density at radius 3 is 2.54 bits per heavy atom. The molecule has 0 atom stereocenters. The van der Waals surface area contributed by atoms with E-state index in [0.29, 0.717) is 6.61 Å². The molecule has 13 heavy (non-hydrogen) atoms. The third kappa shape index (κ3) is 2.15. The molecule has 2 aliphatic rings. The van der Waals surface area contributed by atoms with Gasteiger partial charge in [0.1, 0.15) is 12.4 Å². The lowest BCUT2D eigenvalue weighted by atomic mass is 10.4. The van der Waals surface area contributed by atoms with Crippen molar-refractivity contribution in [3.63, 3.8) is 0 Å². The zero-order valence-corrected chi connectivity index (χ0v) is 8.38. The van der Waals surface area contributed by atoms with Crippen LogP contribution in [0.1, 0.15) is 26.7 Å². The van der Waals surface area contributed by atoms with E-state index in [2.05, 4.69) is 11.1 Å². The molecule has 0 spiro atoms. The molecule has 0 aliphatic carbocycles. The van der Waals surface area contributed by atoms with Crippen molar-refractivity contribution in [1.29, 1.82) is 0 Å². The van der Waals surface area contributed by atoms with Gasteiger partial charge in [-0.05, 0) is 12.8 Å². The van der Waals surface area contributed by atoms with Gasteiger partial charge < -0.3 is 14.4 Å². The summed E-state index contributed by atoms with van der Waals surface area (Å²) in [6.45, 7) is 6.82. The summed E-state index contributed by atoms with van der Waals surface area (Å²) < 4.78 is 11.1. The number of ether oxygens (including phenoxy) is 2. The molecule has 2 rings (SSSR count). The highest BCUT2D eigenvalue weighted by Crippen LogP contribution is 2.25.